The summed E-state index contributed by atoms with van der Waals surface area (Å²) in [7, 11) is 3.91. The van der Waals surface area contributed by atoms with Crippen molar-refractivity contribution in [2.75, 3.05) is 14.2 Å². The summed E-state index contributed by atoms with van der Waals surface area (Å²) in [6, 6.07) is 19.3. The van der Waals surface area contributed by atoms with Gasteiger partial charge in [-0.3, -0.25) is 4.90 Å². The average molecular weight is 306 g/mol. The summed E-state index contributed by atoms with van der Waals surface area (Å²) in [5.74, 6) is 0.979. The number of methoxy groups -OCH3 is 1. The summed E-state index contributed by atoms with van der Waals surface area (Å²) in [6.45, 7) is 3.23. The monoisotopic (exact) mass is 305 g/mol. The minimum Gasteiger partial charge on any atom is -0.496 e. The molecule has 2 rings (SSSR count). The third-order valence-corrected chi connectivity index (χ3v) is 3.74. The lowest BCUT2D eigenvalue weighted by atomic mass is 10.0. The van der Waals surface area contributed by atoms with E-state index in [0.29, 0.717) is 6.04 Å². The predicted octanol–water partition coefficient (Wildman–Crippen LogP) is 4.18. The van der Waals surface area contributed by atoms with Crippen LogP contribution in [-0.4, -0.2) is 25.1 Å². The van der Waals surface area contributed by atoms with Gasteiger partial charge in [0, 0.05) is 12.6 Å². The summed E-state index contributed by atoms with van der Waals surface area (Å²) in [5, 5.41) is 0. The number of benzene rings is 2. The number of likely N-dealkylation sites (N-methyl/N-ethyl adjacent to an activating group) is 1. The molecule has 2 nitrogen and oxygen atoms in total. The topological polar surface area (TPSA) is 12.5 Å². The van der Waals surface area contributed by atoms with Gasteiger partial charge in [0.25, 0.3) is 0 Å². The Morgan fingerprint density at radius 3 is 2.29 bits per heavy atom. The molecule has 0 radical (unpaired) electrons. The average Bonchev–Trinajstić information content (AvgIpc) is 2.48. The van der Waals surface area contributed by atoms with Crippen molar-refractivity contribution >= 4 is 12.4 Å². The maximum absolute atomic E-state index is 5.43. The lowest BCUT2D eigenvalue weighted by Gasteiger charge is -2.25. The van der Waals surface area contributed by atoms with Crippen LogP contribution in [-0.2, 0) is 13.0 Å². The van der Waals surface area contributed by atoms with Crippen molar-refractivity contribution in [2.45, 2.75) is 25.9 Å². The summed E-state index contributed by atoms with van der Waals surface area (Å²) < 4.78 is 5.43. The number of hydrogen-bond donors (Lipinski definition) is 0. The van der Waals surface area contributed by atoms with Gasteiger partial charge < -0.3 is 4.74 Å². The molecule has 0 aliphatic heterocycles. The maximum Gasteiger partial charge on any atom is 0.122 e. The van der Waals surface area contributed by atoms with Gasteiger partial charge in [-0.15, -0.1) is 12.4 Å². The third-order valence-electron chi connectivity index (χ3n) is 3.74. The number of ether oxygens (including phenoxy) is 1. The van der Waals surface area contributed by atoms with Crippen LogP contribution in [0.5, 0.6) is 5.75 Å². The van der Waals surface area contributed by atoms with E-state index in [4.69, 9.17) is 4.74 Å². The minimum atomic E-state index is 0. The Balaban J connectivity index is 0.00000220. The third kappa shape index (κ3) is 5.07. The Kier molecular flexibility index (Phi) is 7.27. The number of hydrogen-bond acceptors (Lipinski definition) is 2. The molecule has 0 fully saturated rings. The Morgan fingerprint density at radius 2 is 1.62 bits per heavy atom. The molecule has 114 valence electrons. The van der Waals surface area contributed by atoms with E-state index in [0.717, 1.165) is 18.7 Å². The summed E-state index contributed by atoms with van der Waals surface area (Å²) in [5.41, 5.74) is 2.62. The minimum absolute atomic E-state index is 0. The van der Waals surface area contributed by atoms with Gasteiger partial charge in [0.1, 0.15) is 5.75 Å². The first-order valence-corrected chi connectivity index (χ1v) is 7.06. The van der Waals surface area contributed by atoms with Crippen molar-refractivity contribution < 1.29 is 4.74 Å². The lowest BCUT2D eigenvalue weighted by molar-refractivity contribution is 0.246. The Hall–Kier alpha value is -1.51. The molecule has 1 unspecified atom stereocenters. The molecule has 3 heteroatoms. The van der Waals surface area contributed by atoms with Crippen molar-refractivity contribution in [3.8, 4) is 5.75 Å². The zero-order valence-electron chi connectivity index (χ0n) is 13.0. The number of para-hydroxylation sites is 1. The molecule has 21 heavy (non-hydrogen) atoms. The molecular formula is C18H24ClNO. The first kappa shape index (κ1) is 17.5. The van der Waals surface area contributed by atoms with E-state index >= 15 is 0 Å². The van der Waals surface area contributed by atoms with Crippen molar-refractivity contribution in [1.82, 2.24) is 4.90 Å². The largest absolute Gasteiger partial charge is 0.496 e. The number of nitrogens with zero attached hydrogens (tertiary/aromatic N) is 1. The highest BCUT2D eigenvalue weighted by atomic mass is 35.5. The molecule has 0 N–H and O–H groups in total. The molecule has 0 spiro atoms. The molecular weight excluding hydrogens is 282 g/mol. The number of rotatable bonds is 6. The van der Waals surface area contributed by atoms with Crippen LogP contribution < -0.4 is 4.74 Å². The van der Waals surface area contributed by atoms with E-state index < -0.39 is 0 Å². The van der Waals surface area contributed by atoms with Crippen LogP contribution in [0.15, 0.2) is 54.6 Å². The van der Waals surface area contributed by atoms with Crippen LogP contribution in [0.3, 0.4) is 0 Å². The first-order chi connectivity index (χ1) is 9.70. The zero-order chi connectivity index (χ0) is 14.4. The van der Waals surface area contributed by atoms with Crippen LogP contribution in [0.2, 0.25) is 0 Å². The van der Waals surface area contributed by atoms with Gasteiger partial charge in [0.15, 0.2) is 0 Å². The van der Waals surface area contributed by atoms with Gasteiger partial charge in [0.05, 0.1) is 7.11 Å². The fourth-order valence-corrected chi connectivity index (χ4v) is 2.37. The highest BCUT2D eigenvalue weighted by Crippen LogP contribution is 2.20. The van der Waals surface area contributed by atoms with E-state index in [9.17, 15) is 0 Å². The van der Waals surface area contributed by atoms with Gasteiger partial charge in [-0.2, -0.15) is 0 Å². The quantitative estimate of drug-likeness (QED) is 0.794. The SMILES string of the molecule is COc1ccccc1CC(C)N(C)Cc1ccccc1.Cl. The number of halogens is 1. The van der Waals surface area contributed by atoms with Crippen molar-refractivity contribution in [2.24, 2.45) is 0 Å². The molecule has 0 bridgehead atoms. The molecule has 0 saturated heterocycles. The summed E-state index contributed by atoms with van der Waals surface area (Å²) in [6.07, 6.45) is 0.993. The molecule has 2 aromatic rings. The van der Waals surface area contributed by atoms with Gasteiger partial charge >= 0.3 is 0 Å². The van der Waals surface area contributed by atoms with Gasteiger partial charge in [-0.05, 0) is 37.6 Å². The van der Waals surface area contributed by atoms with Gasteiger partial charge in [0.2, 0.25) is 0 Å². The van der Waals surface area contributed by atoms with Crippen molar-refractivity contribution in [3.63, 3.8) is 0 Å². The standard InChI is InChI=1S/C18H23NO.ClH/c1-15(13-17-11-7-8-12-18(17)20-3)19(2)14-16-9-5-4-6-10-16;/h4-12,15H,13-14H2,1-3H3;1H. The molecule has 0 amide bonds. The van der Waals surface area contributed by atoms with Crippen molar-refractivity contribution in [3.05, 3.63) is 65.7 Å². The zero-order valence-corrected chi connectivity index (χ0v) is 13.8. The molecule has 0 heterocycles. The molecule has 2 aromatic carbocycles. The molecule has 1 atom stereocenters. The molecule has 0 aromatic heterocycles. The lowest BCUT2D eigenvalue weighted by Crippen LogP contribution is -2.30. The predicted molar refractivity (Wildman–Crippen MR) is 91.3 cm³/mol. The van der Waals surface area contributed by atoms with E-state index in [1.807, 2.05) is 12.1 Å². The van der Waals surface area contributed by atoms with E-state index in [-0.39, 0.29) is 12.4 Å². The van der Waals surface area contributed by atoms with E-state index in [1.54, 1.807) is 7.11 Å². The smallest absolute Gasteiger partial charge is 0.122 e. The second-order valence-electron chi connectivity index (χ2n) is 5.27. The van der Waals surface area contributed by atoms with Crippen LogP contribution in [0, 0.1) is 0 Å². The Bertz CT molecular complexity index is 530. The van der Waals surface area contributed by atoms with Crippen LogP contribution in [0.25, 0.3) is 0 Å². The Labute approximate surface area is 134 Å². The highest BCUT2D eigenvalue weighted by Gasteiger charge is 2.12. The summed E-state index contributed by atoms with van der Waals surface area (Å²) >= 11 is 0. The van der Waals surface area contributed by atoms with Crippen molar-refractivity contribution in [1.29, 1.82) is 0 Å². The van der Waals surface area contributed by atoms with Gasteiger partial charge in [-0.25, -0.2) is 0 Å². The second kappa shape index (κ2) is 8.71. The molecule has 0 aliphatic rings. The highest BCUT2D eigenvalue weighted by molar-refractivity contribution is 5.85. The molecule has 0 saturated carbocycles. The first-order valence-electron chi connectivity index (χ1n) is 7.06. The van der Waals surface area contributed by atoms with Crippen LogP contribution in [0.4, 0.5) is 0 Å². The maximum atomic E-state index is 5.43. The Morgan fingerprint density at radius 1 is 1.00 bits per heavy atom. The van der Waals surface area contributed by atoms with Crippen LogP contribution >= 0.6 is 12.4 Å². The second-order valence-corrected chi connectivity index (χ2v) is 5.27. The fourth-order valence-electron chi connectivity index (χ4n) is 2.37. The molecule has 0 aliphatic carbocycles. The fraction of sp³-hybridized carbons (Fsp3) is 0.333. The van der Waals surface area contributed by atoms with E-state index in [1.165, 1.54) is 11.1 Å². The van der Waals surface area contributed by atoms with E-state index in [2.05, 4.69) is 61.3 Å². The van der Waals surface area contributed by atoms with Gasteiger partial charge in [-0.1, -0.05) is 48.5 Å². The normalized spacial score (nSPS) is 11.8. The summed E-state index contributed by atoms with van der Waals surface area (Å²) in [4.78, 5) is 2.38. The van der Waals surface area contributed by atoms with Crippen LogP contribution in [0.1, 0.15) is 18.1 Å².